The van der Waals surface area contributed by atoms with Crippen LogP contribution in [0.15, 0.2) is 64.6 Å². The average Bonchev–Trinajstić information content (AvgIpc) is 3.08. The fraction of sp³-hybridized carbons (Fsp3) is 0.316. The molecule has 6 nitrogen and oxygen atoms in total. The minimum atomic E-state index is 0.441. The Labute approximate surface area is 158 Å². The first-order chi connectivity index (χ1) is 12.8. The van der Waals surface area contributed by atoms with Gasteiger partial charge in [0, 0.05) is 42.9 Å². The molecule has 0 aliphatic carbocycles. The lowest BCUT2D eigenvalue weighted by Gasteiger charge is -2.15. The van der Waals surface area contributed by atoms with E-state index in [1.165, 1.54) is 4.90 Å². The quantitative estimate of drug-likeness (QED) is 0.381. The molecule has 0 aliphatic heterocycles. The van der Waals surface area contributed by atoms with Gasteiger partial charge in [0.15, 0.2) is 11.6 Å². The van der Waals surface area contributed by atoms with E-state index in [4.69, 9.17) is 0 Å². The molecule has 0 radical (unpaired) electrons. The molecule has 0 fully saturated rings. The number of benzene rings is 1. The topological polar surface area (TPSA) is 66.6 Å². The van der Waals surface area contributed by atoms with Crippen LogP contribution in [0, 0.1) is 0 Å². The zero-order valence-corrected chi connectivity index (χ0v) is 15.9. The third-order valence-electron chi connectivity index (χ3n) is 3.89. The summed E-state index contributed by atoms with van der Waals surface area (Å²) in [5.74, 6) is 1.75. The highest BCUT2D eigenvalue weighted by Crippen LogP contribution is 2.21. The maximum absolute atomic E-state index is 4.29. The number of nitrogens with one attached hydrogen (secondary N) is 2. The molecule has 1 atom stereocenters. The molecule has 2 aromatic heterocycles. The summed E-state index contributed by atoms with van der Waals surface area (Å²) in [4.78, 5) is 5.57. The van der Waals surface area contributed by atoms with Gasteiger partial charge in [-0.1, -0.05) is 31.2 Å². The van der Waals surface area contributed by atoms with Gasteiger partial charge in [0.05, 0.1) is 0 Å². The fourth-order valence-electron chi connectivity index (χ4n) is 2.59. The van der Waals surface area contributed by atoms with Crippen molar-refractivity contribution in [1.82, 2.24) is 25.2 Å². The van der Waals surface area contributed by atoms with E-state index in [-0.39, 0.29) is 0 Å². The number of hydrogen-bond donors (Lipinski definition) is 2. The Bertz CT molecular complexity index is 845. The van der Waals surface area contributed by atoms with Crippen molar-refractivity contribution in [3.05, 3.63) is 60.6 Å². The third-order valence-corrected chi connectivity index (χ3v) is 5.00. The van der Waals surface area contributed by atoms with Gasteiger partial charge in [-0.15, -0.1) is 22.0 Å². The minimum Gasteiger partial charge on any atom is -0.356 e. The number of guanidine groups is 1. The van der Waals surface area contributed by atoms with Gasteiger partial charge in [0.1, 0.15) is 5.82 Å². The predicted octanol–water partition coefficient (Wildman–Crippen LogP) is 2.62. The minimum absolute atomic E-state index is 0.441. The molecule has 0 saturated carbocycles. The van der Waals surface area contributed by atoms with E-state index in [1.54, 1.807) is 7.05 Å². The highest BCUT2D eigenvalue weighted by atomic mass is 32.2. The molecule has 2 N–H and O–H groups in total. The first-order valence-corrected chi connectivity index (χ1v) is 9.59. The zero-order valence-electron chi connectivity index (χ0n) is 15.1. The fourth-order valence-corrected chi connectivity index (χ4v) is 3.53. The van der Waals surface area contributed by atoms with Crippen LogP contribution in [0.25, 0.3) is 5.65 Å². The van der Waals surface area contributed by atoms with Gasteiger partial charge < -0.3 is 10.6 Å². The normalized spacial score (nSPS) is 12.9. The largest absolute Gasteiger partial charge is 0.356 e. The Morgan fingerprint density at radius 1 is 1.12 bits per heavy atom. The van der Waals surface area contributed by atoms with Gasteiger partial charge in [-0.3, -0.25) is 9.39 Å². The van der Waals surface area contributed by atoms with Gasteiger partial charge in [-0.25, -0.2) is 0 Å². The molecule has 1 aromatic carbocycles. The van der Waals surface area contributed by atoms with Crippen LogP contribution in [0.5, 0.6) is 0 Å². The number of aliphatic imine (C=N–C) groups is 1. The van der Waals surface area contributed by atoms with E-state index < -0.39 is 0 Å². The van der Waals surface area contributed by atoms with Gasteiger partial charge in [-0.2, -0.15) is 0 Å². The van der Waals surface area contributed by atoms with E-state index in [9.17, 15) is 0 Å². The molecule has 3 rings (SSSR count). The zero-order chi connectivity index (χ0) is 18.2. The highest BCUT2D eigenvalue weighted by Gasteiger charge is 2.07. The average molecular weight is 369 g/mol. The van der Waals surface area contributed by atoms with Gasteiger partial charge >= 0.3 is 0 Å². The molecule has 136 valence electrons. The highest BCUT2D eigenvalue weighted by molar-refractivity contribution is 8.00. The van der Waals surface area contributed by atoms with Crippen molar-refractivity contribution in [2.24, 2.45) is 4.99 Å². The van der Waals surface area contributed by atoms with E-state index >= 15 is 0 Å². The van der Waals surface area contributed by atoms with Crippen LogP contribution in [0.3, 0.4) is 0 Å². The molecular formula is C19H24N6S. The van der Waals surface area contributed by atoms with Crippen LogP contribution in [0.1, 0.15) is 12.7 Å². The summed E-state index contributed by atoms with van der Waals surface area (Å²) in [6.45, 7) is 3.79. The monoisotopic (exact) mass is 368 g/mol. The first kappa shape index (κ1) is 18.3. The number of thioether (sulfide) groups is 1. The summed E-state index contributed by atoms with van der Waals surface area (Å²) in [6, 6.07) is 16.3. The smallest absolute Gasteiger partial charge is 0.191 e. The van der Waals surface area contributed by atoms with Crippen molar-refractivity contribution < 1.29 is 0 Å². The van der Waals surface area contributed by atoms with Gasteiger partial charge in [0.2, 0.25) is 0 Å². The number of hydrogen-bond acceptors (Lipinski definition) is 4. The van der Waals surface area contributed by atoms with Crippen molar-refractivity contribution >= 4 is 23.4 Å². The Balaban J connectivity index is 1.43. The second-order valence-corrected chi connectivity index (χ2v) is 7.43. The molecule has 26 heavy (non-hydrogen) atoms. The molecule has 0 spiro atoms. The van der Waals surface area contributed by atoms with Crippen molar-refractivity contribution in [1.29, 1.82) is 0 Å². The third kappa shape index (κ3) is 4.98. The lowest BCUT2D eigenvalue weighted by atomic mass is 10.4. The summed E-state index contributed by atoms with van der Waals surface area (Å²) in [7, 11) is 1.79. The SMILES string of the molecule is CN=C(NCCc1nnc2ccccn12)NCC(C)Sc1ccccc1. The van der Waals surface area contributed by atoms with Crippen molar-refractivity contribution in [2.75, 3.05) is 20.1 Å². The number of pyridine rings is 1. The molecular weight excluding hydrogens is 344 g/mol. The standard InChI is InChI=1S/C19H24N6S/c1-15(26-16-8-4-3-5-9-16)14-22-19(20-2)21-12-11-18-24-23-17-10-6-7-13-25(17)18/h3-10,13,15H,11-12,14H2,1-2H3,(H2,20,21,22). The van der Waals surface area contributed by atoms with Crippen LogP contribution in [-0.4, -0.2) is 45.9 Å². The van der Waals surface area contributed by atoms with Crippen molar-refractivity contribution in [2.45, 2.75) is 23.5 Å². The Kier molecular flexibility index (Phi) is 6.49. The molecule has 0 amide bonds. The van der Waals surface area contributed by atoms with Crippen LogP contribution >= 0.6 is 11.8 Å². The lowest BCUT2D eigenvalue weighted by molar-refractivity contribution is 0.755. The number of aromatic nitrogens is 3. The maximum Gasteiger partial charge on any atom is 0.191 e. The Morgan fingerprint density at radius 3 is 2.73 bits per heavy atom. The van der Waals surface area contributed by atoms with Crippen molar-refractivity contribution in [3.63, 3.8) is 0 Å². The van der Waals surface area contributed by atoms with Gasteiger partial charge in [0.25, 0.3) is 0 Å². The second kappa shape index (κ2) is 9.24. The molecule has 0 aliphatic rings. The summed E-state index contributed by atoms with van der Waals surface area (Å²) in [5, 5.41) is 15.6. The van der Waals surface area contributed by atoms with Gasteiger partial charge in [-0.05, 0) is 24.3 Å². The Hall–Kier alpha value is -2.54. The molecule has 1 unspecified atom stereocenters. The van der Waals surface area contributed by atoms with E-state index in [2.05, 4.69) is 57.0 Å². The van der Waals surface area contributed by atoms with Crippen molar-refractivity contribution in [3.8, 4) is 0 Å². The maximum atomic E-state index is 4.29. The molecule has 2 heterocycles. The number of rotatable bonds is 7. The Morgan fingerprint density at radius 2 is 1.92 bits per heavy atom. The predicted molar refractivity (Wildman–Crippen MR) is 108 cm³/mol. The molecule has 7 heteroatoms. The van der Waals surface area contributed by atoms with Crippen LogP contribution in [0.2, 0.25) is 0 Å². The lowest BCUT2D eigenvalue weighted by Crippen LogP contribution is -2.40. The summed E-state index contributed by atoms with van der Waals surface area (Å²) in [6.07, 6.45) is 2.76. The molecule has 0 bridgehead atoms. The number of nitrogens with zero attached hydrogens (tertiary/aromatic N) is 4. The molecule has 3 aromatic rings. The van der Waals surface area contributed by atoms with E-state index in [0.29, 0.717) is 5.25 Å². The van der Waals surface area contributed by atoms with E-state index in [0.717, 1.165) is 36.9 Å². The second-order valence-electron chi connectivity index (χ2n) is 5.92. The summed E-state index contributed by atoms with van der Waals surface area (Å²) < 4.78 is 2.01. The number of fused-ring (bicyclic) bond motifs is 1. The van der Waals surface area contributed by atoms with Crippen LogP contribution in [-0.2, 0) is 6.42 Å². The van der Waals surface area contributed by atoms with E-state index in [1.807, 2.05) is 46.6 Å². The van der Waals surface area contributed by atoms with Crippen LogP contribution in [0.4, 0.5) is 0 Å². The first-order valence-electron chi connectivity index (χ1n) is 8.71. The molecule has 0 saturated heterocycles. The van der Waals surface area contributed by atoms with Crippen LogP contribution < -0.4 is 10.6 Å². The summed E-state index contributed by atoms with van der Waals surface area (Å²) in [5.41, 5.74) is 0.872. The summed E-state index contributed by atoms with van der Waals surface area (Å²) >= 11 is 1.85.